The largest absolute Gasteiger partial charge is 0.497 e. The Hall–Kier alpha value is -2.86. The molecular formula is C20H19N3O2S. The number of nitrogens with zero attached hydrogens (tertiary/aromatic N) is 2. The van der Waals surface area contributed by atoms with E-state index in [1.165, 1.54) is 0 Å². The topological polar surface area (TPSA) is 50.5 Å². The lowest BCUT2D eigenvalue weighted by Crippen LogP contribution is -2.29. The molecule has 0 spiro atoms. The molecule has 0 aliphatic carbocycles. The fourth-order valence-electron chi connectivity index (χ4n) is 3.29. The molecule has 132 valence electrons. The van der Waals surface area contributed by atoms with Gasteiger partial charge in [0.05, 0.1) is 18.8 Å². The van der Waals surface area contributed by atoms with Gasteiger partial charge in [0.25, 0.3) is 0 Å². The number of benzene rings is 1. The minimum absolute atomic E-state index is 0.111. The number of ether oxygens (including phenoxy) is 1. The van der Waals surface area contributed by atoms with Crippen LogP contribution in [0.3, 0.4) is 0 Å². The highest BCUT2D eigenvalue weighted by molar-refractivity contribution is 7.80. The van der Waals surface area contributed by atoms with Crippen LogP contribution < -0.4 is 15.0 Å². The van der Waals surface area contributed by atoms with Crippen LogP contribution in [0, 0.1) is 6.92 Å². The molecule has 3 aromatic rings. The minimum Gasteiger partial charge on any atom is -0.497 e. The molecule has 1 aromatic carbocycles. The highest BCUT2D eigenvalue weighted by Gasteiger charge is 2.42. The van der Waals surface area contributed by atoms with Gasteiger partial charge in [-0.25, -0.2) is 0 Å². The second kappa shape index (κ2) is 6.80. The van der Waals surface area contributed by atoms with Crippen LogP contribution in [0.25, 0.3) is 0 Å². The number of hydrogen-bond donors (Lipinski definition) is 1. The standard InChI is InChI=1S/C20H19N3O2S/c1-13-9-10-17(25-13)19-18(16-8-3-4-11-21-16)22-20(26)23(19)14-6-5-7-15(12-14)24-2/h3-12,18-19H,1-2H3,(H,22,26). The van der Waals surface area contributed by atoms with Crippen molar-refractivity contribution in [3.63, 3.8) is 0 Å². The lowest BCUT2D eigenvalue weighted by Gasteiger charge is -2.26. The van der Waals surface area contributed by atoms with Gasteiger partial charge in [-0.3, -0.25) is 4.98 Å². The molecule has 0 amide bonds. The molecule has 1 N–H and O–H groups in total. The van der Waals surface area contributed by atoms with Gasteiger partial charge < -0.3 is 19.4 Å². The predicted molar refractivity (Wildman–Crippen MR) is 104 cm³/mol. The van der Waals surface area contributed by atoms with E-state index in [-0.39, 0.29) is 12.1 Å². The van der Waals surface area contributed by atoms with Crippen molar-refractivity contribution in [1.29, 1.82) is 0 Å². The molecule has 4 rings (SSSR count). The third-order valence-electron chi connectivity index (χ3n) is 4.48. The summed E-state index contributed by atoms with van der Waals surface area (Å²) in [5.74, 6) is 2.48. The number of furan rings is 1. The number of nitrogens with one attached hydrogen (secondary N) is 1. The number of aryl methyl sites for hydroxylation is 1. The monoisotopic (exact) mass is 365 g/mol. The van der Waals surface area contributed by atoms with Crippen molar-refractivity contribution in [2.45, 2.75) is 19.0 Å². The van der Waals surface area contributed by atoms with E-state index in [0.717, 1.165) is 28.7 Å². The lowest BCUT2D eigenvalue weighted by molar-refractivity contribution is 0.412. The van der Waals surface area contributed by atoms with Crippen molar-refractivity contribution < 1.29 is 9.15 Å². The first-order valence-electron chi connectivity index (χ1n) is 8.38. The van der Waals surface area contributed by atoms with Crippen molar-refractivity contribution in [2.75, 3.05) is 12.0 Å². The molecule has 2 atom stereocenters. The SMILES string of the molecule is COc1cccc(N2C(=S)NC(c3ccccn3)C2c2ccc(C)o2)c1. The van der Waals surface area contributed by atoms with Crippen LogP contribution >= 0.6 is 12.2 Å². The van der Waals surface area contributed by atoms with E-state index in [1.807, 2.05) is 61.5 Å². The van der Waals surface area contributed by atoms with Crippen LogP contribution in [0.4, 0.5) is 5.69 Å². The molecule has 1 aliphatic rings. The molecule has 1 saturated heterocycles. The molecule has 0 saturated carbocycles. The fraction of sp³-hybridized carbons (Fsp3) is 0.200. The van der Waals surface area contributed by atoms with Crippen LogP contribution in [0.1, 0.15) is 29.3 Å². The Morgan fingerprint density at radius 2 is 2.04 bits per heavy atom. The second-order valence-electron chi connectivity index (χ2n) is 6.15. The van der Waals surface area contributed by atoms with Gasteiger partial charge in [-0.15, -0.1) is 0 Å². The second-order valence-corrected chi connectivity index (χ2v) is 6.53. The van der Waals surface area contributed by atoms with E-state index in [9.17, 15) is 0 Å². The first-order chi connectivity index (χ1) is 12.7. The molecule has 1 fully saturated rings. The van der Waals surface area contributed by atoms with E-state index < -0.39 is 0 Å². The summed E-state index contributed by atoms with van der Waals surface area (Å²) in [6.07, 6.45) is 1.79. The van der Waals surface area contributed by atoms with Gasteiger partial charge in [0, 0.05) is 18.0 Å². The minimum atomic E-state index is -0.141. The van der Waals surface area contributed by atoms with E-state index in [0.29, 0.717) is 5.11 Å². The normalized spacial score (nSPS) is 19.5. The van der Waals surface area contributed by atoms with Gasteiger partial charge in [0.15, 0.2) is 5.11 Å². The number of pyridine rings is 1. The molecule has 26 heavy (non-hydrogen) atoms. The van der Waals surface area contributed by atoms with Crippen molar-refractivity contribution >= 4 is 23.0 Å². The lowest BCUT2D eigenvalue weighted by atomic mass is 10.0. The summed E-state index contributed by atoms with van der Waals surface area (Å²) in [6.45, 7) is 1.94. The maximum atomic E-state index is 5.98. The Bertz CT molecular complexity index is 926. The molecule has 0 radical (unpaired) electrons. The molecule has 6 heteroatoms. The number of hydrogen-bond acceptors (Lipinski definition) is 4. The van der Waals surface area contributed by atoms with Crippen molar-refractivity contribution in [3.05, 3.63) is 78.0 Å². The van der Waals surface area contributed by atoms with Gasteiger partial charge in [0.1, 0.15) is 23.3 Å². The summed E-state index contributed by atoms with van der Waals surface area (Å²) < 4.78 is 11.4. The molecule has 0 bridgehead atoms. The van der Waals surface area contributed by atoms with Gasteiger partial charge in [-0.05, 0) is 55.5 Å². The summed E-state index contributed by atoms with van der Waals surface area (Å²) in [5, 5.41) is 4.04. The summed E-state index contributed by atoms with van der Waals surface area (Å²) >= 11 is 5.67. The highest BCUT2D eigenvalue weighted by Crippen LogP contribution is 2.42. The summed E-state index contributed by atoms with van der Waals surface area (Å²) in [4.78, 5) is 6.59. The zero-order valence-electron chi connectivity index (χ0n) is 14.5. The van der Waals surface area contributed by atoms with E-state index in [2.05, 4.69) is 15.2 Å². The van der Waals surface area contributed by atoms with Crippen molar-refractivity contribution in [2.24, 2.45) is 0 Å². The molecule has 3 heterocycles. The number of rotatable bonds is 4. The summed E-state index contributed by atoms with van der Waals surface area (Å²) in [6, 6.07) is 17.4. The smallest absolute Gasteiger partial charge is 0.174 e. The maximum absolute atomic E-state index is 5.98. The Morgan fingerprint density at radius 3 is 2.73 bits per heavy atom. The first kappa shape index (κ1) is 16.6. The van der Waals surface area contributed by atoms with Crippen molar-refractivity contribution in [3.8, 4) is 5.75 Å². The third-order valence-corrected chi connectivity index (χ3v) is 4.80. The fourth-order valence-corrected chi connectivity index (χ4v) is 3.64. The quantitative estimate of drug-likeness (QED) is 0.701. The summed E-state index contributed by atoms with van der Waals surface area (Å²) in [7, 11) is 1.66. The van der Waals surface area contributed by atoms with E-state index >= 15 is 0 Å². The number of aromatic nitrogens is 1. The van der Waals surface area contributed by atoms with Gasteiger partial charge in [-0.1, -0.05) is 12.1 Å². The molecule has 1 aliphatic heterocycles. The van der Waals surface area contributed by atoms with Gasteiger partial charge in [-0.2, -0.15) is 0 Å². The molecular weight excluding hydrogens is 346 g/mol. The number of thiocarbonyl (C=S) groups is 1. The van der Waals surface area contributed by atoms with Crippen molar-refractivity contribution in [1.82, 2.24) is 10.3 Å². The summed E-state index contributed by atoms with van der Waals surface area (Å²) in [5.41, 5.74) is 1.86. The van der Waals surface area contributed by atoms with Gasteiger partial charge in [0.2, 0.25) is 0 Å². The molecule has 2 unspecified atom stereocenters. The molecule has 5 nitrogen and oxygen atoms in total. The van der Waals surface area contributed by atoms with Crippen LogP contribution in [0.15, 0.2) is 65.2 Å². The van der Waals surface area contributed by atoms with Crippen LogP contribution in [0.5, 0.6) is 5.75 Å². The number of anilines is 1. The highest BCUT2D eigenvalue weighted by atomic mass is 32.1. The zero-order valence-corrected chi connectivity index (χ0v) is 15.4. The van der Waals surface area contributed by atoms with Crippen LogP contribution in [0.2, 0.25) is 0 Å². The first-order valence-corrected chi connectivity index (χ1v) is 8.79. The number of methoxy groups -OCH3 is 1. The Balaban J connectivity index is 1.82. The van der Waals surface area contributed by atoms with E-state index in [4.69, 9.17) is 21.4 Å². The molecule has 2 aromatic heterocycles. The average molecular weight is 365 g/mol. The zero-order chi connectivity index (χ0) is 18.1. The third kappa shape index (κ3) is 2.93. The Labute approximate surface area is 157 Å². The van der Waals surface area contributed by atoms with E-state index in [1.54, 1.807) is 13.3 Å². The maximum Gasteiger partial charge on any atom is 0.174 e. The van der Waals surface area contributed by atoms with Gasteiger partial charge >= 0.3 is 0 Å². The Morgan fingerprint density at radius 1 is 1.15 bits per heavy atom. The Kier molecular flexibility index (Phi) is 4.34. The van der Waals surface area contributed by atoms with Crippen LogP contribution in [-0.4, -0.2) is 17.2 Å². The average Bonchev–Trinajstić information content (AvgIpc) is 3.25. The predicted octanol–water partition coefficient (Wildman–Crippen LogP) is 4.17. The van der Waals surface area contributed by atoms with Crippen LogP contribution in [-0.2, 0) is 0 Å².